The largest absolute Gasteiger partial charge is 0.248 e. The molecular formula is C43H27N. The molecule has 1 heteroatoms. The Bertz CT molecular complexity index is 2350. The summed E-state index contributed by atoms with van der Waals surface area (Å²) >= 11 is 0. The van der Waals surface area contributed by atoms with E-state index in [1.54, 1.807) is 0 Å². The molecule has 1 aliphatic rings. The molecule has 1 heterocycles. The number of benzene rings is 7. The second-order valence-corrected chi connectivity index (χ2v) is 11.5. The molecule has 1 nitrogen and oxygen atoms in total. The second-order valence-electron chi connectivity index (χ2n) is 11.5. The zero-order valence-electron chi connectivity index (χ0n) is 24.0. The predicted octanol–water partition coefficient (Wildman–Crippen LogP) is 11.7. The van der Waals surface area contributed by atoms with Crippen LogP contribution in [0.25, 0.3) is 88.6 Å². The quantitative estimate of drug-likeness (QED) is 0.210. The van der Waals surface area contributed by atoms with Crippen LogP contribution in [0.15, 0.2) is 164 Å². The summed E-state index contributed by atoms with van der Waals surface area (Å²) in [5.74, 6) is 0. The summed E-state index contributed by atoms with van der Waals surface area (Å²) in [5, 5.41) is 5.06. The minimum absolute atomic E-state index is 0.966. The molecular weight excluding hydrogens is 530 g/mol. The van der Waals surface area contributed by atoms with E-state index in [0.717, 1.165) is 22.5 Å². The van der Waals surface area contributed by atoms with E-state index in [1.165, 1.54) is 66.1 Å². The minimum Gasteiger partial charge on any atom is -0.248 e. The van der Waals surface area contributed by atoms with E-state index in [0.29, 0.717) is 0 Å². The average Bonchev–Trinajstić information content (AvgIpc) is 3.43. The van der Waals surface area contributed by atoms with Gasteiger partial charge >= 0.3 is 0 Å². The first-order chi connectivity index (χ1) is 21.8. The van der Waals surface area contributed by atoms with Crippen molar-refractivity contribution in [3.63, 3.8) is 0 Å². The first-order valence-electron chi connectivity index (χ1n) is 15.1. The maximum absolute atomic E-state index is 5.26. The van der Waals surface area contributed by atoms with Gasteiger partial charge in [0.2, 0.25) is 0 Å². The van der Waals surface area contributed by atoms with Crippen molar-refractivity contribution in [3.05, 3.63) is 164 Å². The van der Waals surface area contributed by atoms with Crippen molar-refractivity contribution >= 4 is 21.5 Å². The molecule has 8 aromatic rings. The maximum atomic E-state index is 5.26. The van der Waals surface area contributed by atoms with Crippen LogP contribution in [0.2, 0.25) is 0 Å². The van der Waals surface area contributed by atoms with Crippen molar-refractivity contribution in [2.24, 2.45) is 0 Å². The van der Waals surface area contributed by atoms with Crippen molar-refractivity contribution in [1.82, 2.24) is 4.98 Å². The number of aromatic nitrogens is 1. The second kappa shape index (κ2) is 9.90. The van der Waals surface area contributed by atoms with Gasteiger partial charge in [-0.25, -0.2) is 4.98 Å². The average molecular weight is 558 g/mol. The highest BCUT2D eigenvalue weighted by Gasteiger charge is 2.22. The van der Waals surface area contributed by atoms with Gasteiger partial charge in [0.05, 0.1) is 11.4 Å². The van der Waals surface area contributed by atoms with Crippen LogP contribution in [0.3, 0.4) is 0 Å². The van der Waals surface area contributed by atoms with Crippen molar-refractivity contribution in [3.8, 4) is 67.0 Å². The van der Waals surface area contributed by atoms with Gasteiger partial charge in [0, 0.05) is 11.1 Å². The molecule has 0 atom stereocenters. The fourth-order valence-electron chi connectivity index (χ4n) is 6.98. The Hall–Kier alpha value is -5.79. The monoisotopic (exact) mass is 557 g/mol. The van der Waals surface area contributed by atoms with Crippen molar-refractivity contribution < 1.29 is 0 Å². The van der Waals surface area contributed by atoms with Crippen LogP contribution in [-0.4, -0.2) is 4.98 Å². The Morgan fingerprint density at radius 2 is 0.864 bits per heavy atom. The van der Waals surface area contributed by atoms with Crippen molar-refractivity contribution in [1.29, 1.82) is 0 Å². The van der Waals surface area contributed by atoms with Crippen LogP contribution in [0.5, 0.6) is 0 Å². The van der Waals surface area contributed by atoms with Crippen molar-refractivity contribution in [2.45, 2.75) is 0 Å². The third kappa shape index (κ3) is 3.91. The highest BCUT2D eigenvalue weighted by Crippen LogP contribution is 2.49. The molecule has 0 aliphatic heterocycles. The van der Waals surface area contributed by atoms with E-state index in [2.05, 4.69) is 164 Å². The van der Waals surface area contributed by atoms with Crippen molar-refractivity contribution in [2.75, 3.05) is 0 Å². The number of nitrogens with zero attached hydrogens (tertiary/aromatic N) is 1. The molecule has 0 saturated carbocycles. The van der Waals surface area contributed by atoms with Gasteiger partial charge in [-0.2, -0.15) is 0 Å². The number of pyridine rings is 1. The summed E-state index contributed by atoms with van der Waals surface area (Å²) in [7, 11) is 0. The molecule has 0 saturated heterocycles. The lowest BCUT2D eigenvalue weighted by molar-refractivity contribution is 1.33. The Labute approximate surface area is 256 Å². The summed E-state index contributed by atoms with van der Waals surface area (Å²) in [4.78, 5) is 5.26. The molecule has 0 N–H and O–H groups in total. The molecule has 1 aliphatic carbocycles. The zero-order chi connectivity index (χ0) is 29.0. The van der Waals surface area contributed by atoms with E-state index in [9.17, 15) is 0 Å². The van der Waals surface area contributed by atoms with E-state index in [-0.39, 0.29) is 0 Å². The highest BCUT2D eigenvalue weighted by atomic mass is 14.7. The molecule has 1 aromatic heterocycles. The van der Waals surface area contributed by atoms with Gasteiger partial charge in [-0.1, -0.05) is 133 Å². The standard InChI is InChI=1S/C43H27N/c1-2-11-28(12-3-1)30-25-31(34-23-24-40-36-17-7-6-16-35(36)39-20-9-19-38(34)43(39)40)27-32(26-30)41-21-10-22-42(44-41)37-18-8-14-29-13-4-5-15-33(29)37/h1-27H. The maximum Gasteiger partial charge on any atom is 0.0715 e. The highest BCUT2D eigenvalue weighted by molar-refractivity contribution is 6.18. The lowest BCUT2D eigenvalue weighted by Gasteiger charge is -2.14. The lowest BCUT2D eigenvalue weighted by Crippen LogP contribution is -1.92. The fourth-order valence-corrected chi connectivity index (χ4v) is 6.98. The molecule has 0 fully saturated rings. The van der Waals surface area contributed by atoms with Gasteiger partial charge in [-0.3, -0.25) is 0 Å². The van der Waals surface area contributed by atoms with E-state index in [1.807, 2.05) is 0 Å². The molecule has 9 rings (SSSR count). The van der Waals surface area contributed by atoms with E-state index < -0.39 is 0 Å². The van der Waals surface area contributed by atoms with Gasteiger partial charge in [-0.15, -0.1) is 0 Å². The van der Waals surface area contributed by atoms with Crippen LogP contribution in [-0.2, 0) is 0 Å². The topological polar surface area (TPSA) is 12.9 Å². The van der Waals surface area contributed by atoms with Gasteiger partial charge in [0.1, 0.15) is 0 Å². The molecule has 0 spiro atoms. The Kier molecular flexibility index (Phi) is 5.57. The molecule has 0 amide bonds. The zero-order valence-corrected chi connectivity index (χ0v) is 24.0. The Morgan fingerprint density at radius 3 is 1.75 bits per heavy atom. The van der Waals surface area contributed by atoms with E-state index >= 15 is 0 Å². The first-order valence-corrected chi connectivity index (χ1v) is 15.1. The van der Waals surface area contributed by atoms with E-state index in [4.69, 9.17) is 4.98 Å². The van der Waals surface area contributed by atoms with Crippen LogP contribution in [0, 0.1) is 0 Å². The van der Waals surface area contributed by atoms with Crippen LogP contribution in [0.1, 0.15) is 0 Å². The van der Waals surface area contributed by atoms with Crippen LogP contribution >= 0.6 is 0 Å². The van der Waals surface area contributed by atoms with Gasteiger partial charge in [0.25, 0.3) is 0 Å². The SMILES string of the molecule is c1ccc(-c2cc(-c3cccc(-c4cccc5ccccc45)n3)cc(-c3ccc4c5c(cccc35)-c3ccccc3-4)c2)cc1. The van der Waals surface area contributed by atoms with Crippen LogP contribution in [0.4, 0.5) is 0 Å². The Balaban J connectivity index is 1.25. The lowest BCUT2D eigenvalue weighted by atomic mass is 9.90. The summed E-state index contributed by atoms with van der Waals surface area (Å²) in [5.41, 5.74) is 14.3. The normalized spacial score (nSPS) is 11.6. The fraction of sp³-hybridized carbons (Fsp3) is 0. The van der Waals surface area contributed by atoms with Crippen LogP contribution < -0.4 is 0 Å². The number of hydrogen-bond acceptors (Lipinski definition) is 1. The predicted molar refractivity (Wildman–Crippen MR) is 185 cm³/mol. The third-order valence-electron chi connectivity index (χ3n) is 9.01. The summed E-state index contributed by atoms with van der Waals surface area (Å²) in [6.45, 7) is 0. The molecule has 204 valence electrons. The smallest absolute Gasteiger partial charge is 0.0715 e. The molecule has 0 bridgehead atoms. The molecule has 0 unspecified atom stereocenters. The molecule has 7 aromatic carbocycles. The summed E-state index contributed by atoms with van der Waals surface area (Å²) in [6, 6.07) is 59.1. The summed E-state index contributed by atoms with van der Waals surface area (Å²) < 4.78 is 0. The van der Waals surface area contributed by atoms with Gasteiger partial charge in [-0.05, 0) is 96.4 Å². The minimum atomic E-state index is 0.966. The summed E-state index contributed by atoms with van der Waals surface area (Å²) in [6.07, 6.45) is 0. The van der Waals surface area contributed by atoms with Gasteiger partial charge < -0.3 is 0 Å². The Morgan fingerprint density at radius 1 is 0.295 bits per heavy atom. The first kappa shape index (κ1) is 24.8. The number of rotatable bonds is 4. The number of hydrogen-bond donors (Lipinski definition) is 0. The molecule has 0 radical (unpaired) electrons. The molecule has 44 heavy (non-hydrogen) atoms. The number of fused-ring (bicyclic) bond motifs is 4. The van der Waals surface area contributed by atoms with Gasteiger partial charge in [0.15, 0.2) is 0 Å². The third-order valence-corrected chi connectivity index (χ3v) is 9.01.